The fraction of sp³-hybridized carbons (Fsp3) is 0.692. The Labute approximate surface area is 239 Å². The van der Waals surface area contributed by atoms with Gasteiger partial charge in [0.1, 0.15) is 24.2 Å². The maximum atomic E-state index is 13.6. The van der Waals surface area contributed by atoms with Crippen molar-refractivity contribution in [3.8, 4) is 0 Å². The summed E-state index contributed by atoms with van der Waals surface area (Å²) in [5.41, 5.74) is 17.7. The van der Waals surface area contributed by atoms with Crippen LogP contribution < -0.4 is 33.2 Å². The van der Waals surface area contributed by atoms with Crippen molar-refractivity contribution in [2.45, 2.75) is 94.9 Å². The van der Waals surface area contributed by atoms with E-state index in [2.05, 4.69) is 25.9 Å². The SMILES string of the molecule is C[C@H](NC(=O)[C@@H]1CCCN1C(=O)[C@H](CCCCN)NC(=O)[C@@H](N)Cc1c[nH]cn1)C(=O)N[C@@H](CCCCN)C(=O)O. The molecule has 1 saturated heterocycles. The van der Waals surface area contributed by atoms with E-state index in [9.17, 15) is 29.1 Å². The summed E-state index contributed by atoms with van der Waals surface area (Å²) in [6.07, 6.45) is 7.17. The average molecular weight is 580 g/mol. The number of hydrogen-bond donors (Lipinski definition) is 8. The fourth-order valence-corrected chi connectivity index (χ4v) is 4.67. The zero-order chi connectivity index (χ0) is 30.4. The average Bonchev–Trinajstić information content (AvgIpc) is 3.64. The summed E-state index contributed by atoms with van der Waals surface area (Å²) < 4.78 is 0. The van der Waals surface area contributed by atoms with E-state index in [4.69, 9.17) is 17.2 Å². The lowest BCUT2D eigenvalue weighted by molar-refractivity contribution is -0.143. The first-order valence-corrected chi connectivity index (χ1v) is 14.2. The Hall–Kier alpha value is -3.56. The molecule has 230 valence electrons. The number of aliphatic carboxylic acids is 1. The zero-order valence-corrected chi connectivity index (χ0v) is 23.6. The van der Waals surface area contributed by atoms with Crippen molar-refractivity contribution in [1.29, 1.82) is 0 Å². The van der Waals surface area contributed by atoms with Gasteiger partial charge in [-0.25, -0.2) is 9.78 Å². The van der Waals surface area contributed by atoms with E-state index in [-0.39, 0.29) is 12.8 Å². The van der Waals surface area contributed by atoms with Crippen LogP contribution in [0.15, 0.2) is 12.5 Å². The number of nitrogens with two attached hydrogens (primary N) is 3. The topological polar surface area (TPSA) is 252 Å². The number of carbonyl (C=O) groups excluding carboxylic acids is 4. The number of hydrogen-bond acceptors (Lipinski definition) is 9. The lowest BCUT2D eigenvalue weighted by Crippen LogP contribution is -2.57. The Morgan fingerprint density at radius 3 is 2.24 bits per heavy atom. The summed E-state index contributed by atoms with van der Waals surface area (Å²) >= 11 is 0. The number of imidazole rings is 1. The predicted octanol–water partition coefficient (Wildman–Crippen LogP) is -1.91. The van der Waals surface area contributed by atoms with Crippen LogP contribution in [0.1, 0.15) is 64.0 Å². The van der Waals surface area contributed by atoms with Crippen molar-refractivity contribution in [3.05, 3.63) is 18.2 Å². The van der Waals surface area contributed by atoms with E-state index >= 15 is 0 Å². The van der Waals surface area contributed by atoms with E-state index in [1.165, 1.54) is 18.2 Å². The van der Waals surface area contributed by atoms with Crippen molar-refractivity contribution >= 4 is 29.6 Å². The van der Waals surface area contributed by atoms with Gasteiger partial charge in [0, 0.05) is 19.2 Å². The summed E-state index contributed by atoms with van der Waals surface area (Å²) in [6.45, 7) is 2.60. The number of rotatable bonds is 18. The molecule has 1 aliphatic rings. The van der Waals surface area contributed by atoms with Gasteiger partial charge in [0.15, 0.2) is 0 Å². The molecule has 41 heavy (non-hydrogen) atoms. The van der Waals surface area contributed by atoms with E-state index in [1.54, 1.807) is 6.20 Å². The second kappa shape index (κ2) is 17.3. The van der Waals surface area contributed by atoms with Gasteiger partial charge in [-0.3, -0.25) is 19.2 Å². The van der Waals surface area contributed by atoms with Gasteiger partial charge in [-0.15, -0.1) is 0 Å². The summed E-state index contributed by atoms with van der Waals surface area (Å²) in [7, 11) is 0. The van der Waals surface area contributed by atoms with Gasteiger partial charge >= 0.3 is 5.97 Å². The summed E-state index contributed by atoms with van der Waals surface area (Å²) in [6, 6.07) is -4.81. The molecule has 1 aromatic rings. The number of likely N-dealkylation sites (tertiary alicyclic amines) is 1. The van der Waals surface area contributed by atoms with Crippen molar-refractivity contribution in [2.75, 3.05) is 19.6 Å². The first-order chi connectivity index (χ1) is 19.6. The molecule has 15 nitrogen and oxygen atoms in total. The van der Waals surface area contributed by atoms with Crippen LogP contribution in [0, 0.1) is 0 Å². The van der Waals surface area contributed by atoms with Crippen molar-refractivity contribution < 1.29 is 29.1 Å². The third-order valence-electron chi connectivity index (χ3n) is 7.03. The highest BCUT2D eigenvalue weighted by atomic mass is 16.4. The molecule has 1 aliphatic heterocycles. The molecule has 2 rings (SSSR count). The van der Waals surface area contributed by atoms with Gasteiger partial charge in [0.05, 0.1) is 18.1 Å². The molecule has 5 atom stereocenters. The van der Waals surface area contributed by atoms with E-state index in [0.717, 1.165) is 0 Å². The Kier molecular flexibility index (Phi) is 14.2. The van der Waals surface area contributed by atoms with Crippen molar-refractivity contribution in [3.63, 3.8) is 0 Å². The van der Waals surface area contributed by atoms with Crippen molar-refractivity contribution in [1.82, 2.24) is 30.8 Å². The first kappa shape index (κ1) is 33.6. The Morgan fingerprint density at radius 2 is 1.66 bits per heavy atom. The molecule has 1 aromatic heterocycles. The normalized spacial score (nSPS) is 17.8. The highest BCUT2D eigenvalue weighted by molar-refractivity contribution is 5.95. The smallest absolute Gasteiger partial charge is 0.326 e. The third kappa shape index (κ3) is 10.7. The number of amides is 4. The maximum absolute atomic E-state index is 13.6. The lowest BCUT2D eigenvalue weighted by atomic mass is 10.1. The molecule has 11 N–H and O–H groups in total. The van der Waals surface area contributed by atoms with Crippen LogP contribution in [0.2, 0.25) is 0 Å². The van der Waals surface area contributed by atoms with Crippen LogP contribution >= 0.6 is 0 Å². The van der Waals surface area contributed by atoms with Crippen LogP contribution in [0.25, 0.3) is 0 Å². The zero-order valence-electron chi connectivity index (χ0n) is 23.6. The van der Waals surface area contributed by atoms with Gasteiger partial charge < -0.3 is 48.1 Å². The molecule has 0 aromatic carbocycles. The van der Waals surface area contributed by atoms with Crippen LogP contribution in [-0.2, 0) is 30.4 Å². The minimum atomic E-state index is -1.17. The fourth-order valence-electron chi connectivity index (χ4n) is 4.67. The van der Waals surface area contributed by atoms with Crippen molar-refractivity contribution in [2.24, 2.45) is 17.2 Å². The Bertz CT molecular complexity index is 1010. The number of carbonyl (C=O) groups is 5. The summed E-state index contributed by atoms with van der Waals surface area (Å²) in [4.78, 5) is 72.0. The molecule has 0 spiro atoms. The first-order valence-electron chi connectivity index (χ1n) is 14.2. The monoisotopic (exact) mass is 579 g/mol. The Morgan fingerprint density at radius 1 is 1.02 bits per heavy atom. The second-order valence-corrected chi connectivity index (χ2v) is 10.3. The highest BCUT2D eigenvalue weighted by Gasteiger charge is 2.38. The highest BCUT2D eigenvalue weighted by Crippen LogP contribution is 2.20. The second-order valence-electron chi connectivity index (χ2n) is 10.3. The molecule has 0 saturated carbocycles. The molecule has 1 fully saturated rings. The van der Waals surface area contributed by atoms with Gasteiger partial charge in [-0.2, -0.15) is 0 Å². The van der Waals surface area contributed by atoms with Crippen LogP contribution in [-0.4, -0.2) is 99.4 Å². The van der Waals surface area contributed by atoms with Gasteiger partial charge in [-0.05, 0) is 71.4 Å². The van der Waals surface area contributed by atoms with E-state index in [0.29, 0.717) is 70.3 Å². The number of H-pyrrole nitrogens is 1. The molecule has 15 heteroatoms. The number of nitrogens with one attached hydrogen (secondary N) is 4. The molecule has 0 unspecified atom stereocenters. The predicted molar refractivity (Wildman–Crippen MR) is 150 cm³/mol. The van der Waals surface area contributed by atoms with E-state index < -0.39 is 59.8 Å². The van der Waals surface area contributed by atoms with Crippen LogP contribution in [0.3, 0.4) is 0 Å². The van der Waals surface area contributed by atoms with Gasteiger partial charge in [0.2, 0.25) is 23.6 Å². The minimum Gasteiger partial charge on any atom is -0.480 e. The standard InChI is InChI=1S/C26H45N9O6/c1-16(22(36)34-20(26(40)41)8-3-5-11-28)32-24(38)21-9-6-12-35(21)25(39)19(7-2-4-10-27)33-23(37)18(29)13-17-14-30-15-31-17/h14-16,18-21H,2-13,27-29H2,1H3,(H,30,31)(H,32,38)(H,33,37)(H,34,36)(H,40,41)/t16-,18-,19-,20-,21-/m0/s1. The van der Waals surface area contributed by atoms with Crippen LogP contribution in [0.5, 0.6) is 0 Å². The number of unbranched alkanes of at least 4 members (excludes halogenated alkanes) is 2. The molecule has 0 aliphatic carbocycles. The minimum absolute atomic E-state index is 0.184. The molecule has 0 radical (unpaired) electrons. The van der Waals surface area contributed by atoms with Crippen LogP contribution in [0.4, 0.5) is 0 Å². The van der Waals surface area contributed by atoms with Gasteiger partial charge in [0.25, 0.3) is 0 Å². The van der Waals surface area contributed by atoms with E-state index in [1.807, 2.05) is 0 Å². The quantitative estimate of drug-likeness (QED) is 0.0895. The number of carboxylic acid groups (broad SMARTS) is 1. The number of carboxylic acids is 1. The summed E-state index contributed by atoms with van der Waals surface area (Å²) in [5, 5.41) is 17.2. The number of aromatic nitrogens is 2. The number of nitrogens with zero attached hydrogens (tertiary/aromatic N) is 2. The molecule has 2 heterocycles. The number of aromatic amines is 1. The third-order valence-corrected chi connectivity index (χ3v) is 7.03. The maximum Gasteiger partial charge on any atom is 0.326 e. The Balaban J connectivity index is 2.02. The largest absolute Gasteiger partial charge is 0.480 e. The molecule has 0 bridgehead atoms. The summed E-state index contributed by atoms with van der Waals surface area (Å²) in [5.74, 6) is -3.27. The molecular formula is C26H45N9O6. The van der Waals surface area contributed by atoms with Gasteiger partial charge in [-0.1, -0.05) is 0 Å². The molecule has 4 amide bonds. The lowest BCUT2D eigenvalue weighted by Gasteiger charge is -2.30. The molecular weight excluding hydrogens is 534 g/mol.